The van der Waals surface area contributed by atoms with E-state index in [1.807, 2.05) is 13.8 Å². The van der Waals surface area contributed by atoms with Crippen LogP contribution in [-0.4, -0.2) is 0 Å². The van der Waals surface area contributed by atoms with Crippen molar-refractivity contribution in [3.8, 4) is 0 Å². The van der Waals surface area contributed by atoms with Crippen molar-refractivity contribution < 1.29 is 4.39 Å². The van der Waals surface area contributed by atoms with Gasteiger partial charge in [-0.1, -0.05) is 35.8 Å². The summed E-state index contributed by atoms with van der Waals surface area (Å²) in [6.45, 7) is 4.08. The molecular formula is C10H13BrFN. The standard InChI is InChI=1S/C10H13BrFN/c1-6(2)10(13)8-4-3-7(12)5-9(8)11/h3-6,10H,13H2,1-2H3/t10-/m0/s1. The molecule has 0 bridgehead atoms. The highest BCUT2D eigenvalue weighted by atomic mass is 79.9. The van der Waals surface area contributed by atoms with Crippen molar-refractivity contribution in [1.82, 2.24) is 0 Å². The zero-order valence-corrected chi connectivity index (χ0v) is 9.31. The molecule has 0 saturated heterocycles. The summed E-state index contributed by atoms with van der Waals surface area (Å²) in [6.07, 6.45) is 0. The summed E-state index contributed by atoms with van der Waals surface area (Å²) in [5.41, 5.74) is 6.89. The van der Waals surface area contributed by atoms with E-state index in [2.05, 4.69) is 15.9 Å². The van der Waals surface area contributed by atoms with E-state index in [4.69, 9.17) is 5.73 Å². The van der Waals surface area contributed by atoms with E-state index in [-0.39, 0.29) is 11.9 Å². The van der Waals surface area contributed by atoms with Gasteiger partial charge in [0, 0.05) is 10.5 Å². The normalized spacial score (nSPS) is 13.4. The average molecular weight is 246 g/mol. The zero-order chi connectivity index (χ0) is 10.0. The molecule has 2 N–H and O–H groups in total. The topological polar surface area (TPSA) is 26.0 Å². The average Bonchev–Trinajstić information content (AvgIpc) is 2.03. The molecule has 0 heterocycles. The number of hydrogen-bond donors (Lipinski definition) is 1. The van der Waals surface area contributed by atoms with Gasteiger partial charge >= 0.3 is 0 Å². The minimum Gasteiger partial charge on any atom is -0.324 e. The van der Waals surface area contributed by atoms with Crippen LogP contribution >= 0.6 is 15.9 Å². The minimum absolute atomic E-state index is 0.0463. The van der Waals surface area contributed by atoms with Gasteiger partial charge in [0.1, 0.15) is 5.82 Å². The number of nitrogens with two attached hydrogens (primary N) is 1. The molecule has 1 nitrogen and oxygen atoms in total. The van der Waals surface area contributed by atoms with Gasteiger partial charge in [-0.2, -0.15) is 0 Å². The Morgan fingerprint density at radius 1 is 1.38 bits per heavy atom. The van der Waals surface area contributed by atoms with E-state index in [1.54, 1.807) is 6.07 Å². The van der Waals surface area contributed by atoms with Crippen molar-refractivity contribution in [2.75, 3.05) is 0 Å². The van der Waals surface area contributed by atoms with Crippen LogP contribution in [0.3, 0.4) is 0 Å². The molecule has 0 aliphatic carbocycles. The van der Waals surface area contributed by atoms with Crippen LogP contribution in [0.15, 0.2) is 22.7 Å². The monoisotopic (exact) mass is 245 g/mol. The molecule has 1 aromatic carbocycles. The van der Waals surface area contributed by atoms with Crippen LogP contribution in [0, 0.1) is 11.7 Å². The van der Waals surface area contributed by atoms with Gasteiger partial charge in [0.05, 0.1) is 0 Å². The van der Waals surface area contributed by atoms with Crippen LogP contribution in [0.2, 0.25) is 0 Å². The maximum atomic E-state index is 12.7. The fourth-order valence-corrected chi connectivity index (χ4v) is 1.75. The highest BCUT2D eigenvalue weighted by Crippen LogP contribution is 2.27. The molecule has 0 saturated carbocycles. The molecule has 3 heteroatoms. The second kappa shape index (κ2) is 4.20. The summed E-state index contributed by atoms with van der Waals surface area (Å²) in [6, 6.07) is 4.55. The quantitative estimate of drug-likeness (QED) is 0.851. The fourth-order valence-electron chi connectivity index (χ4n) is 1.13. The third-order valence-electron chi connectivity index (χ3n) is 2.04. The first-order chi connectivity index (χ1) is 6.02. The molecule has 0 amide bonds. The molecule has 1 atom stereocenters. The van der Waals surface area contributed by atoms with Crippen molar-refractivity contribution in [2.24, 2.45) is 11.7 Å². The van der Waals surface area contributed by atoms with E-state index >= 15 is 0 Å². The number of benzene rings is 1. The Hall–Kier alpha value is -0.410. The highest BCUT2D eigenvalue weighted by molar-refractivity contribution is 9.10. The van der Waals surface area contributed by atoms with Crippen molar-refractivity contribution in [3.05, 3.63) is 34.1 Å². The van der Waals surface area contributed by atoms with Gasteiger partial charge in [0.15, 0.2) is 0 Å². The second-order valence-electron chi connectivity index (χ2n) is 3.44. The lowest BCUT2D eigenvalue weighted by atomic mass is 9.97. The predicted octanol–water partition coefficient (Wildman–Crippen LogP) is 3.24. The smallest absolute Gasteiger partial charge is 0.124 e. The largest absolute Gasteiger partial charge is 0.324 e. The van der Waals surface area contributed by atoms with Crippen molar-refractivity contribution in [3.63, 3.8) is 0 Å². The molecule has 0 spiro atoms. The zero-order valence-electron chi connectivity index (χ0n) is 7.72. The molecule has 0 aromatic heterocycles. The lowest BCUT2D eigenvalue weighted by Crippen LogP contribution is -2.17. The Kier molecular flexibility index (Phi) is 3.45. The number of hydrogen-bond acceptors (Lipinski definition) is 1. The first kappa shape index (κ1) is 10.7. The van der Waals surface area contributed by atoms with E-state index < -0.39 is 0 Å². The van der Waals surface area contributed by atoms with Gasteiger partial charge in [0.2, 0.25) is 0 Å². The fraction of sp³-hybridized carbons (Fsp3) is 0.400. The first-order valence-electron chi connectivity index (χ1n) is 4.23. The van der Waals surface area contributed by atoms with Crippen molar-refractivity contribution in [2.45, 2.75) is 19.9 Å². The lowest BCUT2D eigenvalue weighted by Gasteiger charge is -2.17. The number of rotatable bonds is 2. The van der Waals surface area contributed by atoms with Gasteiger partial charge in [-0.3, -0.25) is 0 Å². The summed E-state index contributed by atoms with van der Waals surface area (Å²) in [7, 11) is 0. The lowest BCUT2D eigenvalue weighted by molar-refractivity contribution is 0.511. The maximum absolute atomic E-state index is 12.7. The van der Waals surface area contributed by atoms with Gasteiger partial charge in [-0.15, -0.1) is 0 Å². The van der Waals surface area contributed by atoms with E-state index in [9.17, 15) is 4.39 Å². The highest BCUT2D eigenvalue weighted by Gasteiger charge is 2.13. The molecule has 0 radical (unpaired) electrons. The summed E-state index contributed by atoms with van der Waals surface area (Å²) in [4.78, 5) is 0. The summed E-state index contributed by atoms with van der Waals surface area (Å²) >= 11 is 3.30. The van der Waals surface area contributed by atoms with Crippen LogP contribution in [-0.2, 0) is 0 Å². The predicted molar refractivity (Wildman–Crippen MR) is 55.9 cm³/mol. The molecule has 0 unspecified atom stereocenters. The van der Waals surface area contributed by atoms with Crippen LogP contribution in [0.25, 0.3) is 0 Å². The summed E-state index contributed by atoms with van der Waals surface area (Å²) in [5.74, 6) is 0.105. The molecule has 0 aliphatic rings. The Balaban J connectivity index is 3.01. The van der Waals surface area contributed by atoms with Crippen molar-refractivity contribution >= 4 is 15.9 Å². The Bertz CT molecular complexity index is 299. The number of halogens is 2. The Labute approximate surface area is 86.3 Å². The van der Waals surface area contributed by atoms with Crippen LogP contribution < -0.4 is 5.73 Å². The second-order valence-corrected chi connectivity index (χ2v) is 4.29. The van der Waals surface area contributed by atoms with Crippen LogP contribution in [0.1, 0.15) is 25.5 Å². The van der Waals surface area contributed by atoms with Crippen LogP contribution in [0.4, 0.5) is 4.39 Å². The van der Waals surface area contributed by atoms with E-state index in [0.717, 1.165) is 10.0 Å². The molecule has 0 fully saturated rings. The van der Waals surface area contributed by atoms with Gasteiger partial charge in [-0.05, 0) is 23.6 Å². The van der Waals surface area contributed by atoms with Gasteiger partial charge < -0.3 is 5.73 Å². The van der Waals surface area contributed by atoms with Crippen molar-refractivity contribution in [1.29, 1.82) is 0 Å². The Morgan fingerprint density at radius 3 is 2.46 bits per heavy atom. The first-order valence-corrected chi connectivity index (χ1v) is 5.02. The summed E-state index contributed by atoms with van der Waals surface area (Å²) in [5, 5.41) is 0. The third kappa shape index (κ3) is 2.51. The van der Waals surface area contributed by atoms with Crippen LogP contribution in [0.5, 0.6) is 0 Å². The van der Waals surface area contributed by atoms with Gasteiger partial charge in [-0.25, -0.2) is 4.39 Å². The summed E-state index contributed by atoms with van der Waals surface area (Å²) < 4.78 is 13.5. The minimum atomic E-state index is -0.244. The molecule has 72 valence electrons. The molecule has 13 heavy (non-hydrogen) atoms. The SMILES string of the molecule is CC(C)[C@H](N)c1ccc(F)cc1Br. The van der Waals surface area contributed by atoms with E-state index in [0.29, 0.717) is 5.92 Å². The molecule has 0 aliphatic heterocycles. The maximum Gasteiger partial charge on any atom is 0.124 e. The van der Waals surface area contributed by atoms with Gasteiger partial charge in [0.25, 0.3) is 0 Å². The Morgan fingerprint density at radius 2 is 2.00 bits per heavy atom. The molecule has 1 rings (SSSR count). The molecular weight excluding hydrogens is 233 g/mol. The molecule has 1 aromatic rings. The third-order valence-corrected chi connectivity index (χ3v) is 2.73. The van der Waals surface area contributed by atoms with E-state index in [1.165, 1.54) is 12.1 Å².